The van der Waals surface area contributed by atoms with E-state index in [1.807, 2.05) is 0 Å². The van der Waals surface area contributed by atoms with Crippen molar-refractivity contribution in [1.29, 1.82) is 0 Å². The standard InChI is InChI=1S/C10H20O4/c11-7-3-1-2-5-9(13)10(14)6-4-8-12/h10-12,14H,1-8H2. The SMILES string of the molecule is O=C(CCCCCO)C(O)CCCO. The maximum Gasteiger partial charge on any atom is 0.161 e. The van der Waals surface area contributed by atoms with E-state index < -0.39 is 6.10 Å². The van der Waals surface area contributed by atoms with E-state index in [0.717, 1.165) is 12.8 Å². The molecule has 1 atom stereocenters. The Morgan fingerprint density at radius 1 is 1.00 bits per heavy atom. The normalized spacial score (nSPS) is 12.8. The lowest BCUT2D eigenvalue weighted by molar-refractivity contribution is -0.127. The maximum atomic E-state index is 11.2. The minimum absolute atomic E-state index is 0.00878. The number of carbonyl (C=O) groups is 1. The number of hydrogen-bond acceptors (Lipinski definition) is 4. The molecule has 0 saturated carbocycles. The molecule has 0 amide bonds. The first kappa shape index (κ1) is 13.5. The van der Waals surface area contributed by atoms with Crippen molar-refractivity contribution in [3.05, 3.63) is 0 Å². The van der Waals surface area contributed by atoms with Gasteiger partial charge < -0.3 is 15.3 Å². The molecule has 0 radical (unpaired) electrons. The molecule has 0 aromatic heterocycles. The molecule has 4 heteroatoms. The highest BCUT2D eigenvalue weighted by Crippen LogP contribution is 2.05. The van der Waals surface area contributed by atoms with Gasteiger partial charge in [-0.15, -0.1) is 0 Å². The summed E-state index contributed by atoms with van der Waals surface area (Å²) in [7, 11) is 0. The van der Waals surface area contributed by atoms with Crippen LogP contribution in [0, 0.1) is 0 Å². The lowest BCUT2D eigenvalue weighted by Crippen LogP contribution is -2.20. The van der Waals surface area contributed by atoms with E-state index in [1.165, 1.54) is 0 Å². The molecule has 0 aliphatic heterocycles. The average molecular weight is 204 g/mol. The number of Topliss-reactive ketones (excluding diaryl/α,β-unsaturated/α-hetero) is 1. The van der Waals surface area contributed by atoms with Crippen LogP contribution in [-0.2, 0) is 4.79 Å². The molecule has 0 aromatic rings. The second kappa shape index (κ2) is 9.12. The highest BCUT2D eigenvalue weighted by atomic mass is 16.3. The fraction of sp³-hybridized carbons (Fsp3) is 0.900. The fourth-order valence-corrected chi connectivity index (χ4v) is 1.20. The molecule has 0 aromatic carbocycles. The number of aliphatic hydroxyl groups excluding tert-OH is 3. The van der Waals surface area contributed by atoms with Crippen LogP contribution in [0.4, 0.5) is 0 Å². The Morgan fingerprint density at radius 2 is 1.64 bits per heavy atom. The summed E-state index contributed by atoms with van der Waals surface area (Å²) in [5.74, 6) is -0.156. The Morgan fingerprint density at radius 3 is 2.21 bits per heavy atom. The fourth-order valence-electron chi connectivity index (χ4n) is 1.20. The van der Waals surface area contributed by atoms with Crippen LogP contribution in [-0.4, -0.2) is 40.4 Å². The number of rotatable bonds is 9. The highest BCUT2D eigenvalue weighted by Gasteiger charge is 2.13. The largest absolute Gasteiger partial charge is 0.396 e. The van der Waals surface area contributed by atoms with Crippen molar-refractivity contribution in [2.24, 2.45) is 0 Å². The summed E-state index contributed by atoms with van der Waals surface area (Å²) in [6.07, 6.45) is 2.49. The molecular weight excluding hydrogens is 184 g/mol. The van der Waals surface area contributed by atoms with Crippen LogP contribution >= 0.6 is 0 Å². The Labute approximate surface area is 84.6 Å². The molecule has 4 nitrogen and oxygen atoms in total. The smallest absolute Gasteiger partial charge is 0.161 e. The summed E-state index contributed by atoms with van der Waals surface area (Å²) in [5.41, 5.74) is 0. The molecule has 3 N–H and O–H groups in total. The third kappa shape index (κ3) is 7.00. The summed E-state index contributed by atoms with van der Waals surface area (Å²) >= 11 is 0. The zero-order chi connectivity index (χ0) is 10.8. The Bertz CT molecular complexity index is 147. The van der Waals surface area contributed by atoms with Crippen LogP contribution in [0.3, 0.4) is 0 Å². The molecule has 0 bridgehead atoms. The van der Waals surface area contributed by atoms with Gasteiger partial charge in [0.15, 0.2) is 5.78 Å². The Hall–Kier alpha value is -0.450. The molecule has 1 unspecified atom stereocenters. The minimum Gasteiger partial charge on any atom is -0.396 e. The number of hydrogen-bond donors (Lipinski definition) is 3. The van der Waals surface area contributed by atoms with Gasteiger partial charge in [-0.3, -0.25) is 4.79 Å². The van der Waals surface area contributed by atoms with Crippen LogP contribution in [0.25, 0.3) is 0 Å². The van der Waals surface area contributed by atoms with E-state index in [-0.39, 0.29) is 19.0 Å². The first-order valence-electron chi connectivity index (χ1n) is 5.15. The van der Waals surface area contributed by atoms with E-state index >= 15 is 0 Å². The molecule has 0 aliphatic rings. The number of unbranched alkanes of at least 4 members (excludes halogenated alkanes) is 2. The summed E-state index contributed by atoms with van der Waals surface area (Å²) in [5, 5.41) is 26.3. The van der Waals surface area contributed by atoms with Crippen molar-refractivity contribution in [3.63, 3.8) is 0 Å². The molecular formula is C10H20O4. The van der Waals surface area contributed by atoms with Gasteiger partial charge in [0, 0.05) is 19.6 Å². The quantitative estimate of drug-likeness (QED) is 0.470. The van der Waals surface area contributed by atoms with E-state index in [1.54, 1.807) is 0 Å². The van der Waals surface area contributed by atoms with Gasteiger partial charge in [-0.05, 0) is 25.7 Å². The van der Waals surface area contributed by atoms with Crippen molar-refractivity contribution in [3.8, 4) is 0 Å². The Kier molecular flexibility index (Phi) is 8.83. The minimum atomic E-state index is -0.920. The average Bonchev–Trinajstić information content (AvgIpc) is 2.20. The first-order valence-corrected chi connectivity index (χ1v) is 5.15. The van der Waals surface area contributed by atoms with E-state index in [9.17, 15) is 9.90 Å². The summed E-state index contributed by atoms with van der Waals surface area (Å²) in [6, 6.07) is 0. The van der Waals surface area contributed by atoms with E-state index in [0.29, 0.717) is 25.7 Å². The van der Waals surface area contributed by atoms with Gasteiger partial charge in [0.05, 0.1) is 0 Å². The number of carbonyl (C=O) groups excluding carboxylic acids is 1. The van der Waals surface area contributed by atoms with Crippen LogP contribution in [0.1, 0.15) is 38.5 Å². The van der Waals surface area contributed by atoms with Crippen LogP contribution in [0.15, 0.2) is 0 Å². The lowest BCUT2D eigenvalue weighted by atomic mass is 10.0. The highest BCUT2D eigenvalue weighted by molar-refractivity contribution is 5.82. The molecule has 84 valence electrons. The lowest BCUT2D eigenvalue weighted by Gasteiger charge is -2.07. The van der Waals surface area contributed by atoms with Crippen molar-refractivity contribution < 1.29 is 20.1 Å². The first-order chi connectivity index (χ1) is 6.72. The molecule has 0 fully saturated rings. The van der Waals surface area contributed by atoms with Gasteiger partial charge in [0.25, 0.3) is 0 Å². The predicted octanol–water partition coefficient (Wildman–Crippen LogP) is 0.242. The van der Waals surface area contributed by atoms with Crippen LogP contribution in [0.2, 0.25) is 0 Å². The molecule has 0 spiro atoms. The third-order valence-electron chi connectivity index (χ3n) is 2.09. The van der Waals surface area contributed by atoms with Gasteiger partial charge in [-0.2, -0.15) is 0 Å². The zero-order valence-corrected chi connectivity index (χ0v) is 8.48. The predicted molar refractivity (Wildman–Crippen MR) is 52.9 cm³/mol. The summed E-state index contributed by atoms with van der Waals surface area (Å²) < 4.78 is 0. The summed E-state index contributed by atoms with van der Waals surface area (Å²) in [6.45, 7) is 0.163. The van der Waals surface area contributed by atoms with E-state index in [2.05, 4.69) is 0 Å². The summed E-state index contributed by atoms with van der Waals surface area (Å²) in [4.78, 5) is 11.2. The number of ketones is 1. The topological polar surface area (TPSA) is 77.8 Å². The Balaban J connectivity index is 3.42. The van der Waals surface area contributed by atoms with Gasteiger partial charge in [-0.1, -0.05) is 6.42 Å². The van der Waals surface area contributed by atoms with Crippen molar-refractivity contribution >= 4 is 5.78 Å². The van der Waals surface area contributed by atoms with Crippen molar-refractivity contribution in [1.82, 2.24) is 0 Å². The van der Waals surface area contributed by atoms with Gasteiger partial charge >= 0.3 is 0 Å². The molecule has 0 rings (SSSR count). The van der Waals surface area contributed by atoms with Gasteiger partial charge in [-0.25, -0.2) is 0 Å². The van der Waals surface area contributed by atoms with Crippen LogP contribution < -0.4 is 0 Å². The number of aliphatic hydroxyl groups is 3. The molecule has 0 heterocycles. The second-order valence-corrected chi connectivity index (χ2v) is 3.38. The van der Waals surface area contributed by atoms with E-state index in [4.69, 9.17) is 10.2 Å². The third-order valence-corrected chi connectivity index (χ3v) is 2.09. The second-order valence-electron chi connectivity index (χ2n) is 3.38. The zero-order valence-electron chi connectivity index (χ0n) is 8.48. The van der Waals surface area contributed by atoms with Gasteiger partial charge in [0.1, 0.15) is 6.10 Å². The molecule has 0 saturated heterocycles. The molecule has 0 aliphatic carbocycles. The monoisotopic (exact) mass is 204 g/mol. The van der Waals surface area contributed by atoms with Crippen molar-refractivity contribution in [2.45, 2.75) is 44.6 Å². The van der Waals surface area contributed by atoms with Crippen LogP contribution in [0.5, 0.6) is 0 Å². The molecule has 14 heavy (non-hydrogen) atoms. The van der Waals surface area contributed by atoms with Gasteiger partial charge in [0.2, 0.25) is 0 Å². The van der Waals surface area contributed by atoms with Crippen molar-refractivity contribution in [2.75, 3.05) is 13.2 Å². The maximum absolute atomic E-state index is 11.2.